The molecule has 1 atom stereocenters. The largest absolute Gasteiger partial charge is 0.353 e. The van der Waals surface area contributed by atoms with E-state index in [1.807, 2.05) is 19.9 Å². The highest BCUT2D eigenvalue weighted by atomic mass is 16.2. The lowest BCUT2D eigenvalue weighted by Gasteiger charge is -2.23. The molecule has 2 heterocycles. The molecule has 0 aromatic carbocycles. The van der Waals surface area contributed by atoms with Gasteiger partial charge in [0.2, 0.25) is 5.91 Å². The van der Waals surface area contributed by atoms with E-state index < -0.39 is 0 Å². The fourth-order valence-corrected chi connectivity index (χ4v) is 3.21. The number of aromatic nitrogens is 1. The van der Waals surface area contributed by atoms with Gasteiger partial charge in [-0.3, -0.25) is 14.5 Å². The topological polar surface area (TPSA) is 54.3 Å². The maximum Gasteiger partial charge on any atom is 0.240 e. The van der Waals surface area contributed by atoms with Crippen molar-refractivity contribution in [1.82, 2.24) is 14.8 Å². The Hall–Kier alpha value is -1.62. The zero-order valence-corrected chi connectivity index (χ0v) is 13.2. The summed E-state index contributed by atoms with van der Waals surface area (Å²) in [5, 5.41) is 3.01. The molecule has 1 aromatic rings. The maximum absolute atomic E-state index is 12.1. The Balaban J connectivity index is 1.92. The van der Waals surface area contributed by atoms with E-state index in [2.05, 4.69) is 17.1 Å². The molecule has 1 fully saturated rings. The second kappa shape index (κ2) is 6.89. The standard InChI is InChI=1S/C16H25N3O2/c1-4-18-7-5-6-14(18)9-17-16(21)10-19-13(3)8-12(2)15(19)11-20/h8,11,14H,4-7,9-10H2,1-3H3,(H,17,21). The fraction of sp³-hybridized carbons (Fsp3) is 0.625. The lowest BCUT2D eigenvalue weighted by Crippen LogP contribution is -2.41. The Morgan fingerprint density at radius 3 is 2.90 bits per heavy atom. The predicted octanol–water partition coefficient (Wildman–Crippen LogP) is 1.52. The van der Waals surface area contributed by atoms with E-state index in [1.54, 1.807) is 4.57 Å². The molecule has 2 rings (SSSR count). The summed E-state index contributed by atoms with van der Waals surface area (Å²) < 4.78 is 1.78. The molecule has 0 saturated carbocycles. The minimum absolute atomic E-state index is 0.0280. The van der Waals surface area contributed by atoms with Crippen LogP contribution in [0.2, 0.25) is 0 Å². The van der Waals surface area contributed by atoms with Crippen LogP contribution in [-0.2, 0) is 11.3 Å². The number of amides is 1. The summed E-state index contributed by atoms with van der Waals surface area (Å²) in [5.74, 6) is -0.0280. The van der Waals surface area contributed by atoms with Crippen molar-refractivity contribution in [2.75, 3.05) is 19.6 Å². The first-order chi connectivity index (χ1) is 10.1. The number of carbonyl (C=O) groups excluding carboxylic acids is 2. The summed E-state index contributed by atoms with van der Waals surface area (Å²) >= 11 is 0. The number of aryl methyl sites for hydroxylation is 2. The summed E-state index contributed by atoms with van der Waals surface area (Å²) in [6.07, 6.45) is 3.18. The molecular formula is C16H25N3O2. The third-order valence-corrected chi connectivity index (χ3v) is 4.40. The molecule has 1 unspecified atom stereocenters. The molecule has 116 valence electrons. The summed E-state index contributed by atoms with van der Waals surface area (Å²) in [6, 6.07) is 2.39. The van der Waals surface area contributed by atoms with Gasteiger partial charge < -0.3 is 9.88 Å². The average Bonchev–Trinajstić information content (AvgIpc) is 3.01. The summed E-state index contributed by atoms with van der Waals surface area (Å²) in [4.78, 5) is 25.7. The van der Waals surface area contributed by atoms with Crippen molar-refractivity contribution in [3.8, 4) is 0 Å². The smallest absolute Gasteiger partial charge is 0.240 e. The first kappa shape index (κ1) is 15.8. The van der Waals surface area contributed by atoms with E-state index >= 15 is 0 Å². The van der Waals surface area contributed by atoms with Gasteiger partial charge in [-0.05, 0) is 51.4 Å². The van der Waals surface area contributed by atoms with Gasteiger partial charge in [-0.2, -0.15) is 0 Å². The van der Waals surface area contributed by atoms with Crippen LogP contribution in [0.4, 0.5) is 0 Å². The molecule has 5 nitrogen and oxygen atoms in total. The summed E-state index contributed by atoms with van der Waals surface area (Å²) in [6.45, 7) is 9.04. The number of hydrogen-bond acceptors (Lipinski definition) is 3. The number of likely N-dealkylation sites (tertiary alicyclic amines) is 1. The molecular weight excluding hydrogens is 266 g/mol. The molecule has 1 N–H and O–H groups in total. The fourth-order valence-electron chi connectivity index (χ4n) is 3.21. The number of likely N-dealkylation sites (N-methyl/N-ethyl adjacent to an activating group) is 1. The first-order valence-electron chi connectivity index (χ1n) is 7.69. The van der Waals surface area contributed by atoms with Gasteiger partial charge in [0.15, 0.2) is 6.29 Å². The van der Waals surface area contributed by atoms with E-state index in [4.69, 9.17) is 0 Å². The normalized spacial score (nSPS) is 18.9. The Kier molecular flexibility index (Phi) is 5.17. The van der Waals surface area contributed by atoms with Crippen LogP contribution in [-0.4, -0.2) is 47.3 Å². The van der Waals surface area contributed by atoms with Crippen molar-refractivity contribution in [3.63, 3.8) is 0 Å². The second-order valence-electron chi connectivity index (χ2n) is 5.79. The van der Waals surface area contributed by atoms with Crippen LogP contribution in [0.25, 0.3) is 0 Å². The van der Waals surface area contributed by atoms with Crippen molar-refractivity contribution in [3.05, 3.63) is 23.0 Å². The lowest BCUT2D eigenvalue weighted by molar-refractivity contribution is -0.121. The number of carbonyl (C=O) groups is 2. The van der Waals surface area contributed by atoms with Crippen LogP contribution in [0.5, 0.6) is 0 Å². The van der Waals surface area contributed by atoms with Gasteiger partial charge in [-0.25, -0.2) is 0 Å². The average molecular weight is 291 g/mol. The van der Waals surface area contributed by atoms with Gasteiger partial charge in [0.25, 0.3) is 0 Å². The van der Waals surface area contributed by atoms with Crippen molar-refractivity contribution < 1.29 is 9.59 Å². The minimum Gasteiger partial charge on any atom is -0.353 e. The van der Waals surface area contributed by atoms with Gasteiger partial charge in [0.05, 0.1) is 5.69 Å². The molecule has 1 aromatic heterocycles. The molecule has 0 spiro atoms. The molecule has 21 heavy (non-hydrogen) atoms. The molecule has 1 amide bonds. The monoisotopic (exact) mass is 291 g/mol. The Labute approximate surface area is 126 Å². The quantitative estimate of drug-likeness (QED) is 0.809. The molecule has 0 radical (unpaired) electrons. The molecule has 1 saturated heterocycles. The SMILES string of the molecule is CCN1CCCC1CNC(=O)Cn1c(C)cc(C)c1C=O. The van der Waals surface area contributed by atoms with Crippen molar-refractivity contribution >= 4 is 12.2 Å². The van der Waals surface area contributed by atoms with E-state index in [9.17, 15) is 9.59 Å². The highest BCUT2D eigenvalue weighted by molar-refractivity contribution is 5.79. The Morgan fingerprint density at radius 1 is 1.48 bits per heavy atom. The zero-order chi connectivity index (χ0) is 15.4. The number of aldehydes is 1. The van der Waals surface area contributed by atoms with Crippen molar-refractivity contribution in [2.45, 2.75) is 46.2 Å². The molecule has 0 bridgehead atoms. The zero-order valence-electron chi connectivity index (χ0n) is 13.2. The van der Waals surface area contributed by atoms with Gasteiger partial charge in [-0.15, -0.1) is 0 Å². The molecule has 5 heteroatoms. The van der Waals surface area contributed by atoms with Crippen molar-refractivity contribution in [1.29, 1.82) is 0 Å². The van der Waals surface area contributed by atoms with E-state index in [0.29, 0.717) is 18.3 Å². The van der Waals surface area contributed by atoms with Crippen LogP contribution < -0.4 is 5.32 Å². The van der Waals surface area contributed by atoms with Crippen molar-refractivity contribution in [2.24, 2.45) is 0 Å². The first-order valence-corrected chi connectivity index (χ1v) is 7.69. The Morgan fingerprint density at radius 2 is 2.24 bits per heavy atom. The van der Waals surface area contributed by atoms with Gasteiger partial charge >= 0.3 is 0 Å². The van der Waals surface area contributed by atoms with E-state index in [1.165, 1.54) is 6.42 Å². The third kappa shape index (κ3) is 3.53. The van der Waals surface area contributed by atoms with Crippen LogP contribution in [0.3, 0.4) is 0 Å². The highest BCUT2D eigenvalue weighted by Gasteiger charge is 2.23. The number of nitrogens with one attached hydrogen (secondary N) is 1. The molecule has 1 aliphatic heterocycles. The van der Waals surface area contributed by atoms with Crippen LogP contribution >= 0.6 is 0 Å². The van der Waals surface area contributed by atoms with Gasteiger partial charge in [0.1, 0.15) is 6.54 Å². The van der Waals surface area contributed by atoms with Gasteiger partial charge in [0, 0.05) is 18.3 Å². The summed E-state index contributed by atoms with van der Waals surface area (Å²) in [7, 11) is 0. The number of nitrogens with zero attached hydrogens (tertiary/aromatic N) is 2. The maximum atomic E-state index is 12.1. The highest BCUT2D eigenvalue weighted by Crippen LogP contribution is 2.16. The van der Waals surface area contributed by atoms with Crippen LogP contribution in [0, 0.1) is 13.8 Å². The van der Waals surface area contributed by atoms with E-state index in [0.717, 1.165) is 37.1 Å². The van der Waals surface area contributed by atoms with E-state index in [-0.39, 0.29) is 12.5 Å². The van der Waals surface area contributed by atoms with Crippen LogP contribution in [0.15, 0.2) is 6.07 Å². The second-order valence-corrected chi connectivity index (χ2v) is 5.79. The minimum atomic E-state index is -0.0280. The number of hydrogen-bond donors (Lipinski definition) is 1. The molecule has 0 aliphatic carbocycles. The summed E-state index contributed by atoms with van der Waals surface area (Å²) in [5.41, 5.74) is 2.46. The van der Waals surface area contributed by atoms with Crippen LogP contribution in [0.1, 0.15) is 41.5 Å². The molecule has 1 aliphatic rings. The Bertz CT molecular complexity index is 522. The third-order valence-electron chi connectivity index (χ3n) is 4.40. The predicted molar refractivity (Wildman–Crippen MR) is 82.6 cm³/mol. The van der Waals surface area contributed by atoms with Gasteiger partial charge in [-0.1, -0.05) is 6.92 Å². The lowest BCUT2D eigenvalue weighted by atomic mass is 10.2. The number of rotatable bonds is 6.